The molecule has 0 saturated carbocycles. The van der Waals surface area contributed by atoms with Crippen LogP contribution in [-0.4, -0.2) is 23.0 Å². The highest BCUT2D eigenvalue weighted by molar-refractivity contribution is 5.77. The van der Waals surface area contributed by atoms with Gasteiger partial charge in [-0.15, -0.1) is 0 Å². The average molecular weight is 269 g/mol. The monoisotopic (exact) mass is 269 g/mol. The van der Waals surface area contributed by atoms with E-state index in [1.54, 1.807) is 6.07 Å². The van der Waals surface area contributed by atoms with E-state index in [2.05, 4.69) is 9.72 Å². The van der Waals surface area contributed by atoms with Crippen molar-refractivity contribution in [3.05, 3.63) is 60.3 Å². The summed E-state index contributed by atoms with van der Waals surface area (Å²) in [6.07, 6.45) is 2.83. The molecule has 0 spiro atoms. The number of likely N-dealkylation sites (N-methyl/N-ethyl adjacent to an activating group) is 1. The number of hydrogen-bond acceptors (Lipinski definition) is 2. The summed E-state index contributed by atoms with van der Waals surface area (Å²) in [5, 5.41) is 3.13. The van der Waals surface area contributed by atoms with Crippen LogP contribution in [0.25, 0.3) is 16.8 Å². The normalized spacial score (nSPS) is 11.1. The van der Waals surface area contributed by atoms with Gasteiger partial charge in [0.05, 0.1) is 11.2 Å². The summed E-state index contributed by atoms with van der Waals surface area (Å²) in [6.45, 7) is 0.858. The molecular formula is C16H16FN3. The lowest BCUT2D eigenvalue weighted by molar-refractivity contribution is 0.628. The summed E-state index contributed by atoms with van der Waals surface area (Å²) < 4.78 is 15.5. The quantitative estimate of drug-likeness (QED) is 0.789. The number of hydrogen-bond donors (Lipinski definition) is 1. The fraction of sp³-hybridized carbons (Fsp3) is 0.188. The molecule has 0 aliphatic carbocycles. The summed E-state index contributed by atoms with van der Waals surface area (Å²) >= 11 is 0. The molecule has 4 heteroatoms. The zero-order chi connectivity index (χ0) is 13.9. The number of benzene rings is 1. The lowest BCUT2D eigenvalue weighted by Crippen LogP contribution is -2.12. The van der Waals surface area contributed by atoms with Gasteiger partial charge >= 0.3 is 0 Å². The Morgan fingerprint density at radius 2 is 2.10 bits per heavy atom. The number of imidazole rings is 1. The van der Waals surface area contributed by atoms with E-state index in [-0.39, 0.29) is 5.82 Å². The van der Waals surface area contributed by atoms with Crippen LogP contribution < -0.4 is 5.32 Å². The predicted octanol–water partition coefficient (Wildman–Crippen LogP) is 2.90. The standard InChI is InChI=1S/C16H16FN3/c1-18-9-8-15-19-16(12-5-4-6-13(17)11-12)14-7-2-3-10-20(14)15/h2-7,10-11,18H,8-9H2,1H3. The van der Waals surface area contributed by atoms with E-state index < -0.39 is 0 Å². The van der Waals surface area contributed by atoms with Crippen molar-refractivity contribution in [1.29, 1.82) is 0 Å². The molecule has 0 fully saturated rings. The molecule has 20 heavy (non-hydrogen) atoms. The van der Waals surface area contributed by atoms with E-state index in [1.807, 2.05) is 37.5 Å². The zero-order valence-corrected chi connectivity index (χ0v) is 11.3. The van der Waals surface area contributed by atoms with Gasteiger partial charge in [0.1, 0.15) is 11.6 Å². The molecule has 2 aromatic heterocycles. The van der Waals surface area contributed by atoms with Crippen LogP contribution in [0.1, 0.15) is 5.82 Å². The largest absolute Gasteiger partial charge is 0.319 e. The van der Waals surface area contributed by atoms with Crippen molar-refractivity contribution in [2.75, 3.05) is 13.6 Å². The van der Waals surface area contributed by atoms with E-state index in [0.29, 0.717) is 0 Å². The number of halogens is 1. The second kappa shape index (κ2) is 5.43. The maximum atomic E-state index is 13.4. The molecular weight excluding hydrogens is 253 g/mol. The van der Waals surface area contributed by atoms with Gasteiger partial charge < -0.3 is 9.72 Å². The highest BCUT2D eigenvalue weighted by Gasteiger charge is 2.12. The zero-order valence-electron chi connectivity index (χ0n) is 11.3. The molecule has 0 saturated heterocycles. The van der Waals surface area contributed by atoms with Gasteiger partial charge in [0.2, 0.25) is 0 Å². The Balaban J connectivity index is 2.15. The Bertz CT molecular complexity index is 733. The number of fused-ring (bicyclic) bond motifs is 1. The van der Waals surface area contributed by atoms with E-state index in [1.165, 1.54) is 12.1 Å². The third kappa shape index (κ3) is 2.30. The lowest BCUT2D eigenvalue weighted by atomic mass is 10.1. The fourth-order valence-corrected chi connectivity index (χ4v) is 2.36. The molecule has 0 amide bonds. The SMILES string of the molecule is CNCCc1nc(-c2cccc(F)c2)c2ccccn12. The van der Waals surface area contributed by atoms with Gasteiger partial charge in [0.25, 0.3) is 0 Å². The molecule has 1 N–H and O–H groups in total. The first-order chi connectivity index (χ1) is 9.79. The molecule has 0 atom stereocenters. The summed E-state index contributed by atoms with van der Waals surface area (Å²) in [5.41, 5.74) is 2.64. The Morgan fingerprint density at radius 1 is 1.20 bits per heavy atom. The molecule has 0 radical (unpaired) electrons. The first kappa shape index (κ1) is 12.8. The van der Waals surface area contributed by atoms with Crippen LogP contribution in [0.5, 0.6) is 0 Å². The maximum Gasteiger partial charge on any atom is 0.123 e. The van der Waals surface area contributed by atoms with Crippen molar-refractivity contribution in [1.82, 2.24) is 14.7 Å². The van der Waals surface area contributed by atoms with Crippen molar-refractivity contribution < 1.29 is 4.39 Å². The second-order valence-electron chi connectivity index (χ2n) is 4.70. The van der Waals surface area contributed by atoms with E-state index in [0.717, 1.165) is 35.6 Å². The van der Waals surface area contributed by atoms with Crippen molar-refractivity contribution in [3.8, 4) is 11.3 Å². The minimum absolute atomic E-state index is 0.239. The number of aromatic nitrogens is 2. The van der Waals surface area contributed by atoms with E-state index in [9.17, 15) is 4.39 Å². The molecule has 0 bridgehead atoms. The second-order valence-corrected chi connectivity index (χ2v) is 4.70. The van der Waals surface area contributed by atoms with Crippen molar-refractivity contribution >= 4 is 5.52 Å². The van der Waals surface area contributed by atoms with Crippen LogP contribution in [0.3, 0.4) is 0 Å². The summed E-state index contributed by atoms with van der Waals surface area (Å²) in [6, 6.07) is 12.5. The third-order valence-corrected chi connectivity index (χ3v) is 3.32. The Labute approximate surface area is 117 Å². The molecule has 102 valence electrons. The summed E-state index contributed by atoms with van der Waals surface area (Å²) in [4.78, 5) is 4.69. The molecule has 3 rings (SSSR count). The van der Waals surface area contributed by atoms with Gasteiger partial charge in [-0.2, -0.15) is 0 Å². The van der Waals surface area contributed by atoms with Crippen molar-refractivity contribution in [2.24, 2.45) is 0 Å². The first-order valence-corrected chi connectivity index (χ1v) is 6.66. The first-order valence-electron chi connectivity index (χ1n) is 6.66. The van der Waals surface area contributed by atoms with Crippen molar-refractivity contribution in [2.45, 2.75) is 6.42 Å². The van der Waals surface area contributed by atoms with Gasteiger partial charge in [-0.1, -0.05) is 18.2 Å². The highest BCUT2D eigenvalue weighted by Crippen LogP contribution is 2.25. The van der Waals surface area contributed by atoms with Crippen LogP contribution in [0.4, 0.5) is 4.39 Å². The molecule has 0 aliphatic heterocycles. The Hall–Kier alpha value is -2.20. The number of nitrogens with zero attached hydrogens (tertiary/aromatic N) is 2. The molecule has 3 aromatic rings. The van der Waals surface area contributed by atoms with E-state index >= 15 is 0 Å². The third-order valence-electron chi connectivity index (χ3n) is 3.32. The minimum Gasteiger partial charge on any atom is -0.319 e. The lowest BCUT2D eigenvalue weighted by Gasteiger charge is -2.00. The van der Waals surface area contributed by atoms with E-state index in [4.69, 9.17) is 4.98 Å². The molecule has 0 unspecified atom stereocenters. The van der Waals surface area contributed by atoms with Crippen LogP contribution in [0.15, 0.2) is 48.7 Å². The fourth-order valence-electron chi connectivity index (χ4n) is 2.36. The van der Waals surface area contributed by atoms with Gasteiger partial charge in [-0.3, -0.25) is 0 Å². The number of nitrogens with one attached hydrogen (secondary N) is 1. The predicted molar refractivity (Wildman–Crippen MR) is 78.2 cm³/mol. The summed E-state index contributed by atoms with van der Waals surface area (Å²) in [5.74, 6) is 0.741. The number of rotatable bonds is 4. The minimum atomic E-state index is -0.239. The number of pyridine rings is 1. The van der Waals surface area contributed by atoms with Gasteiger partial charge in [0.15, 0.2) is 0 Å². The maximum absolute atomic E-state index is 13.4. The van der Waals surface area contributed by atoms with Crippen LogP contribution in [0.2, 0.25) is 0 Å². The van der Waals surface area contributed by atoms with Gasteiger partial charge in [-0.05, 0) is 31.3 Å². The average Bonchev–Trinajstić information content (AvgIpc) is 2.84. The molecule has 2 heterocycles. The van der Waals surface area contributed by atoms with Crippen LogP contribution >= 0.6 is 0 Å². The smallest absolute Gasteiger partial charge is 0.123 e. The van der Waals surface area contributed by atoms with Gasteiger partial charge in [0, 0.05) is 24.7 Å². The van der Waals surface area contributed by atoms with Crippen molar-refractivity contribution in [3.63, 3.8) is 0 Å². The Kier molecular flexibility index (Phi) is 3.48. The van der Waals surface area contributed by atoms with Crippen LogP contribution in [-0.2, 0) is 6.42 Å². The van der Waals surface area contributed by atoms with Crippen LogP contribution in [0, 0.1) is 5.82 Å². The molecule has 1 aromatic carbocycles. The molecule has 0 aliphatic rings. The molecule has 3 nitrogen and oxygen atoms in total. The topological polar surface area (TPSA) is 29.3 Å². The Morgan fingerprint density at radius 3 is 2.90 bits per heavy atom. The summed E-state index contributed by atoms with van der Waals surface area (Å²) in [7, 11) is 1.92. The highest BCUT2D eigenvalue weighted by atomic mass is 19.1. The van der Waals surface area contributed by atoms with Gasteiger partial charge in [-0.25, -0.2) is 9.37 Å².